The van der Waals surface area contributed by atoms with Crippen LogP contribution >= 0.6 is 0 Å². The second-order valence-electron chi connectivity index (χ2n) is 9.07. The van der Waals surface area contributed by atoms with E-state index in [0.29, 0.717) is 0 Å². The molecule has 3 aromatic rings. The van der Waals surface area contributed by atoms with Gasteiger partial charge in [0.1, 0.15) is 23.0 Å². The number of allylic oxidation sites excluding steroid dienone is 1. The highest BCUT2D eigenvalue weighted by molar-refractivity contribution is 6.29. The topological polar surface area (TPSA) is 213 Å². The third-order valence-corrected chi connectivity index (χ3v) is 6.95. The molecule has 0 bridgehead atoms. The molecule has 1 aliphatic carbocycles. The number of aromatic hydroxyl groups is 3. The van der Waals surface area contributed by atoms with Crippen LogP contribution in [0.15, 0.2) is 38.7 Å². The van der Waals surface area contributed by atoms with Crippen LogP contribution in [0.2, 0.25) is 0 Å². The number of benzene rings is 2. The van der Waals surface area contributed by atoms with Crippen molar-refractivity contribution in [2.45, 2.75) is 31.0 Å². The van der Waals surface area contributed by atoms with Gasteiger partial charge in [0.2, 0.25) is 5.78 Å². The minimum absolute atomic E-state index is 0.159. The molecule has 4 atom stereocenters. The SMILES string of the molecule is COc1cc(O)c2c(c1O)C(=O)C1=C(C2=O)C(O)C2(O1)Oc1c(cc3cc(C)oc(=O)c3c1O)C(O)C2O. The van der Waals surface area contributed by atoms with E-state index in [-0.39, 0.29) is 27.8 Å². The van der Waals surface area contributed by atoms with Gasteiger partial charge in [0.05, 0.1) is 23.8 Å². The molecule has 0 fully saturated rings. The number of Topliss-reactive ketones (excluding diaryl/α,β-unsaturated/α-hetero) is 2. The summed E-state index contributed by atoms with van der Waals surface area (Å²) in [6.45, 7) is 1.49. The lowest BCUT2D eigenvalue weighted by Gasteiger charge is -2.43. The Balaban J connectivity index is 1.52. The van der Waals surface area contributed by atoms with Crippen molar-refractivity contribution < 1.29 is 58.9 Å². The molecule has 6 N–H and O–H groups in total. The molecule has 2 aliphatic heterocycles. The number of aliphatic hydroxyl groups is 3. The predicted octanol–water partition coefficient (Wildman–Crippen LogP) is 0.434. The number of phenols is 3. The van der Waals surface area contributed by atoms with Gasteiger partial charge in [-0.1, -0.05) is 0 Å². The zero-order valence-corrected chi connectivity index (χ0v) is 19.5. The van der Waals surface area contributed by atoms with Gasteiger partial charge in [-0.2, -0.15) is 0 Å². The second-order valence-corrected chi connectivity index (χ2v) is 9.07. The molecule has 2 aromatic carbocycles. The summed E-state index contributed by atoms with van der Waals surface area (Å²) in [5.41, 5.74) is -3.18. The zero-order chi connectivity index (χ0) is 27.4. The molecule has 0 radical (unpaired) electrons. The van der Waals surface area contributed by atoms with Crippen LogP contribution in [-0.4, -0.2) is 67.3 Å². The van der Waals surface area contributed by atoms with E-state index < -0.39 is 86.7 Å². The Morgan fingerprint density at radius 2 is 1.63 bits per heavy atom. The Morgan fingerprint density at radius 1 is 0.921 bits per heavy atom. The van der Waals surface area contributed by atoms with E-state index in [2.05, 4.69) is 0 Å². The van der Waals surface area contributed by atoms with Crippen molar-refractivity contribution in [2.24, 2.45) is 0 Å². The molecule has 196 valence electrons. The number of aryl methyl sites for hydroxylation is 1. The van der Waals surface area contributed by atoms with Crippen molar-refractivity contribution in [2.75, 3.05) is 7.11 Å². The highest BCUT2D eigenvalue weighted by Crippen LogP contribution is 2.55. The summed E-state index contributed by atoms with van der Waals surface area (Å²) in [4.78, 5) is 39.1. The number of phenolic OH excluding ortho intramolecular Hbond substituents is 3. The standard InChI is InChI=1S/C25H18O13/c1-6-3-7-4-8-15(27)23(33)25(37-20(8)18(30)11(7)24(34)36-6)22(32)14-17(29)12-9(26)5-10(35-2)16(28)13(12)19(31)21(14)38-25/h3-5,15,22-23,26-28,30,32-33H,1-2H3. The lowest BCUT2D eigenvalue weighted by atomic mass is 9.82. The molecule has 1 aromatic heterocycles. The first-order valence-electron chi connectivity index (χ1n) is 11.1. The molecule has 4 unspecified atom stereocenters. The molecule has 0 amide bonds. The minimum atomic E-state index is -2.75. The highest BCUT2D eigenvalue weighted by atomic mass is 16.7. The minimum Gasteiger partial charge on any atom is -0.507 e. The van der Waals surface area contributed by atoms with Crippen molar-refractivity contribution in [3.8, 4) is 28.7 Å². The number of hydrogen-bond acceptors (Lipinski definition) is 13. The molecule has 13 nitrogen and oxygen atoms in total. The summed E-state index contributed by atoms with van der Waals surface area (Å²) in [7, 11) is 1.15. The van der Waals surface area contributed by atoms with E-state index >= 15 is 0 Å². The van der Waals surface area contributed by atoms with Gasteiger partial charge < -0.3 is 49.3 Å². The molecule has 13 heteroatoms. The number of ether oxygens (including phenoxy) is 3. The van der Waals surface area contributed by atoms with Gasteiger partial charge in [0.15, 0.2) is 46.7 Å². The zero-order valence-electron chi connectivity index (χ0n) is 19.5. The van der Waals surface area contributed by atoms with E-state index in [1.165, 1.54) is 19.1 Å². The lowest BCUT2D eigenvalue weighted by Crippen LogP contribution is -2.60. The molecule has 3 heterocycles. The highest BCUT2D eigenvalue weighted by Gasteiger charge is 2.65. The molecular weight excluding hydrogens is 508 g/mol. The first-order valence-corrected chi connectivity index (χ1v) is 11.1. The number of carbonyl (C=O) groups is 2. The van der Waals surface area contributed by atoms with Crippen molar-refractivity contribution in [3.05, 3.63) is 62.4 Å². The smallest absolute Gasteiger partial charge is 0.347 e. The van der Waals surface area contributed by atoms with Crippen LogP contribution in [0, 0.1) is 6.92 Å². The van der Waals surface area contributed by atoms with Gasteiger partial charge in [-0.3, -0.25) is 9.59 Å². The van der Waals surface area contributed by atoms with Gasteiger partial charge in [-0.05, 0) is 24.4 Å². The van der Waals surface area contributed by atoms with Crippen molar-refractivity contribution in [3.63, 3.8) is 0 Å². The molecule has 1 spiro atoms. The first kappa shape index (κ1) is 23.8. The fourth-order valence-corrected chi connectivity index (χ4v) is 5.18. The van der Waals surface area contributed by atoms with E-state index in [1.54, 1.807) is 0 Å². The maximum Gasteiger partial charge on any atom is 0.347 e. The average molecular weight is 526 g/mol. The Bertz CT molecular complexity index is 1710. The number of rotatable bonds is 1. The summed E-state index contributed by atoms with van der Waals surface area (Å²) in [6, 6.07) is 3.56. The van der Waals surface area contributed by atoms with Gasteiger partial charge >= 0.3 is 11.4 Å². The monoisotopic (exact) mass is 526 g/mol. The van der Waals surface area contributed by atoms with E-state index in [0.717, 1.165) is 13.2 Å². The van der Waals surface area contributed by atoms with Crippen LogP contribution in [0.4, 0.5) is 0 Å². The molecule has 6 rings (SSSR count). The van der Waals surface area contributed by atoms with Crippen molar-refractivity contribution in [1.82, 2.24) is 0 Å². The van der Waals surface area contributed by atoms with Gasteiger partial charge in [0.25, 0.3) is 0 Å². The molecular formula is C25H18O13. The number of fused-ring (bicyclic) bond motifs is 3. The van der Waals surface area contributed by atoms with Crippen LogP contribution in [0.5, 0.6) is 28.7 Å². The summed E-state index contributed by atoms with van der Waals surface area (Å²) in [5, 5.41) is 64.8. The summed E-state index contributed by atoms with van der Waals surface area (Å²) in [6.07, 6.45) is -6.30. The maximum atomic E-state index is 13.3. The Morgan fingerprint density at radius 3 is 2.32 bits per heavy atom. The second kappa shape index (κ2) is 7.47. The third-order valence-electron chi connectivity index (χ3n) is 6.95. The van der Waals surface area contributed by atoms with Crippen molar-refractivity contribution in [1.29, 1.82) is 0 Å². The van der Waals surface area contributed by atoms with Crippen LogP contribution in [0.1, 0.15) is 38.1 Å². The first-order chi connectivity index (χ1) is 17.9. The van der Waals surface area contributed by atoms with Crippen LogP contribution < -0.4 is 15.1 Å². The van der Waals surface area contributed by atoms with Crippen LogP contribution in [0.25, 0.3) is 10.8 Å². The average Bonchev–Trinajstić information content (AvgIpc) is 3.16. The fourth-order valence-electron chi connectivity index (χ4n) is 5.18. The quantitative estimate of drug-likeness (QED) is 0.238. The van der Waals surface area contributed by atoms with Crippen LogP contribution in [-0.2, 0) is 4.74 Å². The number of ketones is 2. The summed E-state index contributed by atoms with van der Waals surface area (Å²) >= 11 is 0. The number of aliphatic hydroxyl groups excluding tert-OH is 3. The number of carbonyl (C=O) groups excluding carboxylic acids is 2. The molecule has 3 aliphatic rings. The Hall–Kier alpha value is -4.59. The molecule has 0 saturated heterocycles. The largest absolute Gasteiger partial charge is 0.507 e. The van der Waals surface area contributed by atoms with E-state index in [1.807, 2.05) is 0 Å². The van der Waals surface area contributed by atoms with Crippen molar-refractivity contribution >= 4 is 22.3 Å². The summed E-state index contributed by atoms with van der Waals surface area (Å²) < 4.78 is 21.2. The molecule has 38 heavy (non-hydrogen) atoms. The van der Waals surface area contributed by atoms with Gasteiger partial charge in [0, 0.05) is 11.6 Å². The number of hydrogen-bond donors (Lipinski definition) is 6. The lowest BCUT2D eigenvalue weighted by molar-refractivity contribution is -0.271. The van der Waals surface area contributed by atoms with Gasteiger partial charge in [-0.25, -0.2) is 4.79 Å². The van der Waals surface area contributed by atoms with Crippen LogP contribution in [0.3, 0.4) is 0 Å². The Labute approximate surface area is 211 Å². The number of methoxy groups -OCH3 is 1. The Kier molecular flexibility index (Phi) is 4.68. The maximum absolute atomic E-state index is 13.3. The van der Waals surface area contributed by atoms with Gasteiger partial charge in [-0.15, -0.1) is 0 Å². The normalized spacial score (nSPS) is 25.7. The summed E-state index contributed by atoms with van der Waals surface area (Å²) in [5.74, 6) is -8.91. The predicted molar refractivity (Wildman–Crippen MR) is 122 cm³/mol. The fraction of sp³-hybridized carbons (Fsp3) is 0.240. The third kappa shape index (κ3) is 2.72. The molecule has 0 saturated carbocycles. The van der Waals surface area contributed by atoms with E-state index in [9.17, 15) is 45.0 Å². The van der Waals surface area contributed by atoms with E-state index in [4.69, 9.17) is 18.6 Å².